The first kappa shape index (κ1) is 17.5. The molecular weight excluding hydrogens is 361 g/mol. The summed E-state index contributed by atoms with van der Waals surface area (Å²) < 4.78 is 28.6. The molecule has 0 amide bonds. The van der Waals surface area contributed by atoms with Gasteiger partial charge in [-0.05, 0) is 36.4 Å². The monoisotopic (exact) mass is 375 g/mol. The van der Waals surface area contributed by atoms with Gasteiger partial charge in [0.1, 0.15) is 5.82 Å². The summed E-state index contributed by atoms with van der Waals surface area (Å²) in [6.07, 6.45) is 4.71. The predicted molar refractivity (Wildman–Crippen MR) is 103 cm³/mol. The third-order valence-corrected chi connectivity index (χ3v) is 4.24. The van der Waals surface area contributed by atoms with Crippen LogP contribution >= 0.6 is 0 Å². The van der Waals surface area contributed by atoms with Crippen molar-refractivity contribution in [2.24, 2.45) is 0 Å². The van der Waals surface area contributed by atoms with Crippen LogP contribution in [0.4, 0.5) is 14.6 Å². The van der Waals surface area contributed by atoms with Crippen molar-refractivity contribution in [3.8, 4) is 28.2 Å². The van der Waals surface area contributed by atoms with Crippen LogP contribution in [0.1, 0.15) is 0 Å². The Hall–Kier alpha value is -3.87. The molecule has 4 aromatic rings. The summed E-state index contributed by atoms with van der Waals surface area (Å²) in [6.45, 7) is 0. The van der Waals surface area contributed by atoms with Gasteiger partial charge in [-0.1, -0.05) is 24.3 Å². The maximum absolute atomic E-state index is 14.4. The second-order valence-corrected chi connectivity index (χ2v) is 6.01. The summed E-state index contributed by atoms with van der Waals surface area (Å²) >= 11 is 0. The van der Waals surface area contributed by atoms with Gasteiger partial charge in [-0.25, -0.2) is 19.9 Å². The molecule has 2 heterocycles. The number of nitrogens with zero attached hydrogens (tertiary/aromatic N) is 3. The van der Waals surface area contributed by atoms with Crippen molar-refractivity contribution in [3.63, 3.8) is 0 Å². The summed E-state index contributed by atoms with van der Waals surface area (Å²) in [6, 6.07) is 15.5. The van der Waals surface area contributed by atoms with Crippen LogP contribution in [0.15, 0.2) is 84.0 Å². The zero-order chi connectivity index (χ0) is 19.5. The van der Waals surface area contributed by atoms with E-state index in [1.54, 1.807) is 60.5 Å². The molecule has 0 radical (unpaired) electrons. The van der Waals surface area contributed by atoms with Crippen LogP contribution in [0.3, 0.4) is 0 Å². The summed E-state index contributed by atoms with van der Waals surface area (Å²) in [7, 11) is 0. The van der Waals surface area contributed by atoms with E-state index in [-0.39, 0.29) is 16.8 Å². The number of pyridine rings is 1. The summed E-state index contributed by atoms with van der Waals surface area (Å²) in [5, 5.41) is 0. The SMILES string of the molecule is O=c1c(-c2ccccc2F)cc(-c2ncccn2)cn1-c1cccc(N[18F])c1. The first-order valence-electron chi connectivity index (χ1n) is 8.43. The van der Waals surface area contributed by atoms with Gasteiger partial charge in [0.25, 0.3) is 5.56 Å². The van der Waals surface area contributed by atoms with Crippen LogP contribution < -0.4 is 11.1 Å². The number of aromatic nitrogens is 3. The predicted octanol–water partition coefficient (Wildman–Crippen LogP) is 4.40. The van der Waals surface area contributed by atoms with Gasteiger partial charge in [0, 0.05) is 29.7 Å². The van der Waals surface area contributed by atoms with Crippen molar-refractivity contribution < 1.29 is 8.87 Å². The van der Waals surface area contributed by atoms with Crippen LogP contribution in [0.5, 0.6) is 0 Å². The fraction of sp³-hybridized carbons (Fsp3) is 0. The smallest absolute Gasteiger partial charge is 0.263 e. The lowest BCUT2D eigenvalue weighted by molar-refractivity contribution is 0.617. The second kappa shape index (κ2) is 7.40. The number of nitrogens with one attached hydrogen (secondary N) is 1. The third-order valence-electron chi connectivity index (χ3n) is 4.24. The molecule has 5 nitrogen and oxygen atoms in total. The molecule has 1 N–H and O–H groups in total. The van der Waals surface area contributed by atoms with Gasteiger partial charge in [0.15, 0.2) is 5.82 Å². The van der Waals surface area contributed by atoms with E-state index in [0.717, 1.165) is 0 Å². The standard InChI is InChI=1S/C21H14F2N4O/c22-19-8-2-1-7-17(19)18-11-14(20-24-9-4-10-25-20)13-27(21(18)28)16-6-3-5-15(12-16)26-23/h1-13,26H/i23-1. The number of rotatable bonds is 4. The van der Waals surface area contributed by atoms with Crippen molar-refractivity contribution in [2.75, 3.05) is 5.54 Å². The second-order valence-electron chi connectivity index (χ2n) is 6.01. The lowest BCUT2D eigenvalue weighted by atomic mass is 10.0. The van der Waals surface area contributed by atoms with Crippen molar-refractivity contribution >= 4 is 5.69 Å². The number of benzene rings is 2. The molecule has 0 bridgehead atoms. The summed E-state index contributed by atoms with van der Waals surface area (Å²) in [4.78, 5) is 21.6. The molecule has 0 atom stereocenters. The van der Waals surface area contributed by atoms with Crippen LogP contribution in [-0.2, 0) is 0 Å². The molecule has 0 saturated carbocycles. The molecule has 0 aliphatic rings. The van der Waals surface area contributed by atoms with E-state index in [1.165, 1.54) is 28.8 Å². The van der Waals surface area contributed by atoms with E-state index >= 15 is 0 Å². The maximum Gasteiger partial charge on any atom is 0.263 e. The molecule has 2 aromatic heterocycles. The zero-order valence-electron chi connectivity index (χ0n) is 14.5. The average Bonchev–Trinajstić information content (AvgIpc) is 2.75. The highest BCUT2D eigenvalue weighted by Gasteiger charge is 2.15. The lowest BCUT2D eigenvalue weighted by Crippen LogP contribution is -2.20. The molecule has 4 rings (SSSR count). The van der Waals surface area contributed by atoms with Gasteiger partial charge in [-0.15, -0.1) is 4.48 Å². The van der Waals surface area contributed by atoms with Gasteiger partial charge in [-0.3, -0.25) is 9.36 Å². The Kier molecular flexibility index (Phi) is 4.63. The van der Waals surface area contributed by atoms with Gasteiger partial charge in [0.05, 0.1) is 16.9 Å². The van der Waals surface area contributed by atoms with E-state index < -0.39 is 11.4 Å². The van der Waals surface area contributed by atoms with Crippen LogP contribution in [0.2, 0.25) is 0 Å². The zero-order valence-corrected chi connectivity index (χ0v) is 14.5. The molecule has 7 heteroatoms. The molecule has 2 aromatic carbocycles. The van der Waals surface area contributed by atoms with Gasteiger partial charge < -0.3 is 0 Å². The Labute approximate surface area is 158 Å². The first-order valence-corrected chi connectivity index (χ1v) is 8.43. The fourth-order valence-corrected chi connectivity index (χ4v) is 2.93. The van der Waals surface area contributed by atoms with Crippen LogP contribution in [-0.4, -0.2) is 14.5 Å². The molecular formula is C21H14F2N4O. The normalized spacial score (nSPS) is 10.6. The Bertz CT molecular complexity index is 1190. The highest BCUT2D eigenvalue weighted by atomic mass is 19.1. The fourth-order valence-electron chi connectivity index (χ4n) is 2.93. The molecule has 0 unspecified atom stereocenters. The van der Waals surface area contributed by atoms with E-state index in [9.17, 15) is 13.7 Å². The average molecular weight is 375 g/mol. The Morgan fingerprint density at radius 3 is 2.43 bits per heavy atom. The van der Waals surface area contributed by atoms with Gasteiger partial charge in [-0.2, -0.15) is 0 Å². The van der Waals surface area contributed by atoms with E-state index in [2.05, 4.69) is 9.97 Å². The Morgan fingerprint density at radius 1 is 0.893 bits per heavy atom. The molecule has 0 aliphatic carbocycles. The molecule has 0 saturated heterocycles. The van der Waals surface area contributed by atoms with Crippen molar-refractivity contribution in [1.82, 2.24) is 14.5 Å². The van der Waals surface area contributed by atoms with Crippen molar-refractivity contribution in [1.29, 1.82) is 0 Å². The van der Waals surface area contributed by atoms with E-state index in [0.29, 0.717) is 17.1 Å². The van der Waals surface area contributed by atoms with Crippen LogP contribution in [0, 0.1) is 5.82 Å². The van der Waals surface area contributed by atoms with Crippen LogP contribution in [0.25, 0.3) is 28.2 Å². The molecule has 0 spiro atoms. The van der Waals surface area contributed by atoms with Crippen molar-refractivity contribution in [3.05, 3.63) is 95.4 Å². The number of anilines is 1. The van der Waals surface area contributed by atoms with Crippen molar-refractivity contribution in [2.45, 2.75) is 0 Å². The molecule has 0 aliphatic heterocycles. The van der Waals surface area contributed by atoms with Gasteiger partial charge >= 0.3 is 0 Å². The number of hydrogen-bond donors (Lipinski definition) is 1. The van der Waals surface area contributed by atoms with E-state index in [1.807, 2.05) is 0 Å². The quantitative estimate of drug-likeness (QED) is 0.537. The summed E-state index contributed by atoms with van der Waals surface area (Å²) in [5.74, 6) is -0.134. The Balaban J connectivity index is 2.01. The maximum atomic E-state index is 14.4. The lowest BCUT2D eigenvalue weighted by Gasteiger charge is -2.13. The third kappa shape index (κ3) is 3.25. The highest BCUT2D eigenvalue weighted by Crippen LogP contribution is 2.25. The number of halogens is 2. The van der Waals surface area contributed by atoms with Gasteiger partial charge in [0.2, 0.25) is 0 Å². The minimum Gasteiger partial charge on any atom is -0.283 e. The minimum atomic E-state index is -0.517. The van der Waals surface area contributed by atoms with E-state index in [4.69, 9.17) is 0 Å². The molecule has 138 valence electrons. The largest absolute Gasteiger partial charge is 0.283 e. The Morgan fingerprint density at radius 2 is 1.68 bits per heavy atom. The minimum absolute atomic E-state index is 0.154. The topological polar surface area (TPSA) is 59.8 Å². The summed E-state index contributed by atoms with van der Waals surface area (Å²) in [5.41, 5.74) is 2.57. The number of hydrogen-bond acceptors (Lipinski definition) is 4. The molecule has 28 heavy (non-hydrogen) atoms. The first-order chi connectivity index (χ1) is 13.7. The molecule has 0 fully saturated rings. The highest BCUT2D eigenvalue weighted by molar-refractivity contribution is 5.70.